The Kier molecular flexibility index (Phi) is 3.55. The fourth-order valence-electron chi connectivity index (χ4n) is 1.59. The lowest BCUT2D eigenvalue weighted by Gasteiger charge is -2.09. The standard InChI is InChI=1S/C13H14N2O2/c1-16-11-5-4-10(8-12(11)17-2)9-13-14-6-3-7-15-13/h3-8H,9H2,1-2H3. The number of aromatic nitrogens is 2. The topological polar surface area (TPSA) is 44.2 Å². The van der Waals surface area contributed by atoms with Crippen LogP contribution >= 0.6 is 0 Å². The van der Waals surface area contributed by atoms with Crippen molar-refractivity contribution < 1.29 is 9.47 Å². The van der Waals surface area contributed by atoms with Gasteiger partial charge in [-0.2, -0.15) is 0 Å². The first-order valence-corrected chi connectivity index (χ1v) is 5.30. The third-order valence-corrected chi connectivity index (χ3v) is 2.43. The molecule has 0 atom stereocenters. The van der Waals surface area contributed by atoms with Gasteiger partial charge in [-0.1, -0.05) is 6.07 Å². The molecule has 0 N–H and O–H groups in total. The molecule has 2 rings (SSSR count). The lowest BCUT2D eigenvalue weighted by atomic mass is 10.1. The molecule has 17 heavy (non-hydrogen) atoms. The lowest BCUT2D eigenvalue weighted by Crippen LogP contribution is -1.97. The van der Waals surface area contributed by atoms with Gasteiger partial charge >= 0.3 is 0 Å². The van der Waals surface area contributed by atoms with Gasteiger partial charge in [-0.05, 0) is 23.8 Å². The van der Waals surface area contributed by atoms with Crippen LogP contribution in [0.1, 0.15) is 11.4 Å². The predicted molar refractivity (Wildman–Crippen MR) is 64.4 cm³/mol. The van der Waals surface area contributed by atoms with Crippen molar-refractivity contribution in [2.75, 3.05) is 14.2 Å². The van der Waals surface area contributed by atoms with Crippen LogP contribution in [0, 0.1) is 0 Å². The molecule has 88 valence electrons. The van der Waals surface area contributed by atoms with Crippen molar-refractivity contribution in [3.8, 4) is 11.5 Å². The molecule has 0 fully saturated rings. The number of benzene rings is 1. The molecular formula is C13H14N2O2. The van der Waals surface area contributed by atoms with Gasteiger partial charge in [-0.3, -0.25) is 0 Å². The maximum absolute atomic E-state index is 5.25. The summed E-state index contributed by atoms with van der Waals surface area (Å²) in [5.41, 5.74) is 1.09. The van der Waals surface area contributed by atoms with Crippen LogP contribution in [0.2, 0.25) is 0 Å². The molecule has 0 aliphatic rings. The van der Waals surface area contributed by atoms with E-state index in [1.54, 1.807) is 32.7 Å². The highest BCUT2D eigenvalue weighted by molar-refractivity contribution is 5.43. The number of ether oxygens (including phenoxy) is 2. The van der Waals surface area contributed by atoms with Gasteiger partial charge in [0, 0.05) is 18.8 Å². The quantitative estimate of drug-likeness (QED) is 0.806. The number of hydrogen-bond donors (Lipinski definition) is 0. The average Bonchev–Trinajstić information content (AvgIpc) is 2.40. The predicted octanol–water partition coefficient (Wildman–Crippen LogP) is 2.08. The zero-order chi connectivity index (χ0) is 12.1. The maximum atomic E-state index is 5.25. The van der Waals surface area contributed by atoms with E-state index in [2.05, 4.69) is 9.97 Å². The monoisotopic (exact) mass is 230 g/mol. The Hall–Kier alpha value is -2.10. The summed E-state index contributed by atoms with van der Waals surface area (Å²) in [7, 11) is 3.25. The van der Waals surface area contributed by atoms with Gasteiger partial charge in [-0.25, -0.2) is 9.97 Å². The molecule has 0 amide bonds. The molecular weight excluding hydrogens is 216 g/mol. The van der Waals surface area contributed by atoms with Crippen molar-refractivity contribution in [2.45, 2.75) is 6.42 Å². The van der Waals surface area contributed by atoms with Crippen molar-refractivity contribution in [3.63, 3.8) is 0 Å². The van der Waals surface area contributed by atoms with E-state index in [9.17, 15) is 0 Å². The minimum absolute atomic E-state index is 0.682. The Bertz CT molecular complexity index is 486. The third-order valence-electron chi connectivity index (χ3n) is 2.43. The molecule has 4 heteroatoms. The van der Waals surface area contributed by atoms with E-state index in [1.165, 1.54) is 0 Å². The molecule has 4 nitrogen and oxygen atoms in total. The molecule has 0 saturated carbocycles. The van der Waals surface area contributed by atoms with Crippen molar-refractivity contribution in [1.82, 2.24) is 9.97 Å². The van der Waals surface area contributed by atoms with Crippen LogP contribution in [0.5, 0.6) is 11.5 Å². The fraction of sp³-hybridized carbons (Fsp3) is 0.231. The average molecular weight is 230 g/mol. The van der Waals surface area contributed by atoms with Gasteiger partial charge < -0.3 is 9.47 Å². The van der Waals surface area contributed by atoms with Crippen molar-refractivity contribution in [2.24, 2.45) is 0 Å². The smallest absolute Gasteiger partial charge is 0.161 e. The molecule has 1 aromatic heterocycles. The van der Waals surface area contributed by atoms with E-state index < -0.39 is 0 Å². The summed E-state index contributed by atoms with van der Waals surface area (Å²) in [6, 6.07) is 7.61. The zero-order valence-electron chi connectivity index (χ0n) is 9.88. The highest BCUT2D eigenvalue weighted by Crippen LogP contribution is 2.28. The number of rotatable bonds is 4. The molecule has 0 saturated heterocycles. The molecule has 0 spiro atoms. The third kappa shape index (κ3) is 2.72. The first kappa shape index (κ1) is 11.4. The van der Waals surface area contributed by atoms with E-state index >= 15 is 0 Å². The van der Waals surface area contributed by atoms with E-state index in [4.69, 9.17) is 9.47 Å². The second-order valence-electron chi connectivity index (χ2n) is 3.53. The van der Waals surface area contributed by atoms with Gasteiger partial charge in [0.25, 0.3) is 0 Å². The molecule has 0 aliphatic carbocycles. The summed E-state index contributed by atoms with van der Waals surface area (Å²) in [5.74, 6) is 2.24. The Labute approximate surface area is 100 Å². The van der Waals surface area contributed by atoms with Crippen LogP contribution in [-0.4, -0.2) is 24.2 Å². The molecule has 0 aliphatic heterocycles. The lowest BCUT2D eigenvalue weighted by molar-refractivity contribution is 0.354. The Morgan fingerprint density at radius 2 is 1.71 bits per heavy atom. The summed E-state index contributed by atoms with van der Waals surface area (Å²) < 4.78 is 10.4. The zero-order valence-corrected chi connectivity index (χ0v) is 9.88. The van der Waals surface area contributed by atoms with Crippen LogP contribution in [0.15, 0.2) is 36.7 Å². The largest absolute Gasteiger partial charge is 0.493 e. The fourth-order valence-corrected chi connectivity index (χ4v) is 1.59. The first-order chi connectivity index (χ1) is 8.33. The normalized spacial score (nSPS) is 10.0. The minimum Gasteiger partial charge on any atom is -0.493 e. The Morgan fingerprint density at radius 3 is 2.35 bits per heavy atom. The van der Waals surface area contributed by atoms with E-state index in [0.717, 1.165) is 22.9 Å². The summed E-state index contributed by atoms with van der Waals surface area (Å²) >= 11 is 0. The van der Waals surface area contributed by atoms with Crippen LogP contribution < -0.4 is 9.47 Å². The second kappa shape index (κ2) is 5.30. The van der Waals surface area contributed by atoms with Gasteiger partial charge in [0.2, 0.25) is 0 Å². The van der Waals surface area contributed by atoms with Gasteiger partial charge in [0.05, 0.1) is 14.2 Å². The number of hydrogen-bond acceptors (Lipinski definition) is 4. The highest BCUT2D eigenvalue weighted by atomic mass is 16.5. The molecule has 2 aromatic rings. The number of nitrogens with zero attached hydrogens (tertiary/aromatic N) is 2. The Morgan fingerprint density at radius 1 is 1.00 bits per heavy atom. The summed E-state index contributed by atoms with van der Waals surface area (Å²) in [5, 5.41) is 0. The SMILES string of the molecule is COc1ccc(Cc2ncccn2)cc1OC. The first-order valence-electron chi connectivity index (χ1n) is 5.30. The van der Waals surface area contributed by atoms with Gasteiger partial charge in [-0.15, -0.1) is 0 Å². The van der Waals surface area contributed by atoms with E-state index in [1.807, 2.05) is 18.2 Å². The van der Waals surface area contributed by atoms with E-state index in [0.29, 0.717) is 6.42 Å². The molecule has 0 radical (unpaired) electrons. The van der Waals surface area contributed by atoms with Crippen LogP contribution in [0.4, 0.5) is 0 Å². The molecule has 0 bridgehead atoms. The van der Waals surface area contributed by atoms with Crippen LogP contribution in [0.25, 0.3) is 0 Å². The van der Waals surface area contributed by atoms with Crippen molar-refractivity contribution in [1.29, 1.82) is 0 Å². The maximum Gasteiger partial charge on any atom is 0.161 e. The molecule has 0 unspecified atom stereocenters. The highest BCUT2D eigenvalue weighted by Gasteiger charge is 2.05. The summed E-state index contributed by atoms with van der Waals surface area (Å²) in [4.78, 5) is 8.38. The van der Waals surface area contributed by atoms with Gasteiger partial charge in [0.1, 0.15) is 5.82 Å². The van der Waals surface area contributed by atoms with Crippen LogP contribution in [-0.2, 0) is 6.42 Å². The van der Waals surface area contributed by atoms with E-state index in [-0.39, 0.29) is 0 Å². The summed E-state index contributed by atoms with van der Waals surface area (Å²) in [6.07, 6.45) is 4.16. The minimum atomic E-state index is 0.682. The van der Waals surface area contributed by atoms with Crippen LogP contribution in [0.3, 0.4) is 0 Å². The Balaban J connectivity index is 2.22. The molecule has 1 heterocycles. The second-order valence-corrected chi connectivity index (χ2v) is 3.53. The van der Waals surface area contributed by atoms with Crippen molar-refractivity contribution >= 4 is 0 Å². The molecule has 1 aromatic carbocycles. The summed E-state index contributed by atoms with van der Waals surface area (Å²) in [6.45, 7) is 0. The van der Waals surface area contributed by atoms with Crippen molar-refractivity contribution in [3.05, 3.63) is 48.0 Å². The van der Waals surface area contributed by atoms with Gasteiger partial charge in [0.15, 0.2) is 11.5 Å². The number of methoxy groups -OCH3 is 2.